The molecular weight excluding hydrogens is 346 g/mol. The molecule has 0 N–H and O–H groups in total. The summed E-state index contributed by atoms with van der Waals surface area (Å²) in [5.41, 5.74) is 1.97. The van der Waals surface area contributed by atoms with E-state index in [1.807, 2.05) is 24.3 Å². The topological polar surface area (TPSA) is 46.6 Å². The number of rotatable bonds is 2. The quantitative estimate of drug-likeness (QED) is 0.594. The summed E-state index contributed by atoms with van der Waals surface area (Å²) in [6, 6.07) is 12.5. The van der Waals surface area contributed by atoms with Gasteiger partial charge in [0, 0.05) is 17.0 Å². The van der Waals surface area contributed by atoms with Gasteiger partial charge in [0.05, 0.1) is 23.3 Å². The predicted octanol–water partition coefficient (Wildman–Crippen LogP) is 4.24. The second-order valence-corrected chi connectivity index (χ2v) is 6.72. The Balaban J connectivity index is 1.99. The average Bonchev–Trinajstić information content (AvgIpc) is 2.58. The van der Waals surface area contributed by atoms with Gasteiger partial charge in [0.25, 0.3) is 5.91 Å². The highest BCUT2D eigenvalue weighted by molar-refractivity contribution is 8.04. The van der Waals surface area contributed by atoms with Crippen LogP contribution in [-0.2, 0) is 9.53 Å². The van der Waals surface area contributed by atoms with Crippen LogP contribution in [0.4, 0.5) is 5.69 Å². The molecule has 1 heterocycles. The van der Waals surface area contributed by atoms with Gasteiger partial charge in [-0.25, -0.2) is 4.79 Å². The lowest BCUT2D eigenvalue weighted by Crippen LogP contribution is -2.30. The second-order valence-electron chi connectivity index (χ2n) is 5.20. The van der Waals surface area contributed by atoms with E-state index in [9.17, 15) is 9.59 Å². The minimum Gasteiger partial charge on any atom is -0.465 e. The molecule has 122 valence electrons. The van der Waals surface area contributed by atoms with Crippen LogP contribution in [0.1, 0.15) is 15.9 Å². The Labute approximate surface area is 149 Å². The van der Waals surface area contributed by atoms with Crippen LogP contribution < -0.4 is 4.90 Å². The van der Waals surface area contributed by atoms with Crippen LogP contribution in [0.5, 0.6) is 0 Å². The molecule has 24 heavy (non-hydrogen) atoms. The van der Waals surface area contributed by atoms with Gasteiger partial charge in [-0.15, -0.1) is 0 Å². The normalized spacial score (nSPS) is 15.4. The number of fused-ring (bicyclic) bond motifs is 1. The minimum absolute atomic E-state index is 0.130. The molecule has 2 aromatic carbocycles. The van der Waals surface area contributed by atoms with E-state index in [0.717, 1.165) is 10.5 Å². The molecule has 0 unspecified atom stereocenters. The van der Waals surface area contributed by atoms with Crippen molar-refractivity contribution in [3.05, 3.63) is 63.5 Å². The Morgan fingerprint density at radius 3 is 2.75 bits per heavy atom. The van der Waals surface area contributed by atoms with Gasteiger partial charge in [-0.1, -0.05) is 35.5 Å². The third-order valence-corrected chi connectivity index (χ3v) is 4.94. The van der Waals surface area contributed by atoms with E-state index in [4.69, 9.17) is 16.3 Å². The molecule has 0 saturated heterocycles. The fraction of sp³-hybridized carbons (Fsp3) is 0.111. The van der Waals surface area contributed by atoms with Crippen molar-refractivity contribution < 1.29 is 14.3 Å². The van der Waals surface area contributed by atoms with Gasteiger partial charge < -0.3 is 9.64 Å². The van der Waals surface area contributed by atoms with E-state index >= 15 is 0 Å². The summed E-state index contributed by atoms with van der Waals surface area (Å²) in [6.07, 6.45) is 1.81. The molecule has 0 atom stereocenters. The average molecular weight is 360 g/mol. The van der Waals surface area contributed by atoms with Gasteiger partial charge in [-0.2, -0.15) is 0 Å². The van der Waals surface area contributed by atoms with E-state index in [-0.39, 0.29) is 5.91 Å². The lowest BCUT2D eigenvalue weighted by atomic mass is 10.1. The Kier molecular flexibility index (Phi) is 4.64. The number of esters is 1. The number of hydrogen-bond donors (Lipinski definition) is 0. The summed E-state index contributed by atoms with van der Waals surface area (Å²) in [5.74, 6) is -0.557. The Bertz CT molecular complexity index is 863. The summed E-state index contributed by atoms with van der Waals surface area (Å²) in [6.45, 7) is 0. The number of likely N-dealkylation sites (N-methyl/N-ethyl adjacent to an activating group) is 1. The zero-order valence-electron chi connectivity index (χ0n) is 13.1. The third-order valence-electron chi connectivity index (χ3n) is 3.62. The van der Waals surface area contributed by atoms with Crippen molar-refractivity contribution in [2.24, 2.45) is 0 Å². The SMILES string of the molecule is COC(=O)c1ccc2c(c1)N(C)C(=O)C(=Cc1cccc(Cl)c1)S2. The van der Waals surface area contributed by atoms with Crippen LogP contribution >= 0.6 is 23.4 Å². The highest BCUT2D eigenvalue weighted by atomic mass is 35.5. The molecule has 1 aliphatic heterocycles. The number of carbonyl (C=O) groups is 2. The van der Waals surface area contributed by atoms with Gasteiger partial charge in [0.15, 0.2) is 0 Å². The monoisotopic (exact) mass is 359 g/mol. The Hall–Kier alpha value is -2.24. The predicted molar refractivity (Wildman–Crippen MR) is 96.5 cm³/mol. The zero-order valence-corrected chi connectivity index (χ0v) is 14.6. The first-order chi connectivity index (χ1) is 11.5. The zero-order chi connectivity index (χ0) is 17.3. The molecule has 2 aromatic rings. The molecule has 0 radical (unpaired) electrons. The number of anilines is 1. The molecule has 6 heteroatoms. The molecule has 0 aliphatic carbocycles. The number of nitrogens with zero attached hydrogens (tertiary/aromatic N) is 1. The largest absolute Gasteiger partial charge is 0.465 e. The van der Waals surface area contributed by atoms with Crippen molar-refractivity contribution in [1.82, 2.24) is 0 Å². The lowest BCUT2D eigenvalue weighted by molar-refractivity contribution is -0.114. The summed E-state index contributed by atoms with van der Waals surface area (Å²) in [5, 5.41) is 0.620. The first kappa shape index (κ1) is 16.6. The van der Waals surface area contributed by atoms with Gasteiger partial charge >= 0.3 is 5.97 Å². The number of methoxy groups -OCH3 is 1. The van der Waals surface area contributed by atoms with Crippen molar-refractivity contribution in [3.8, 4) is 0 Å². The van der Waals surface area contributed by atoms with Crippen LogP contribution in [0.25, 0.3) is 6.08 Å². The molecule has 0 fully saturated rings. The molecule has 1 aliphatic rings. The molecule has 0 spiro atoms. The van der Waals surface area contributed by atoms with Crippen molar-refractivity contribution in [2.45, 2.75) is 4.90 Å². The van der Waals surface area contributed by atoms with Gasteiger partial charge in [0.2, 0.25) is 0 Å². The lowest BCUT2D eigenvalue weighted by Gasteiger charge is -2.27. The van der Waals surface area contributed by atoms with Crippen LogP contribution in [-0.4, -0.2) is 26.0 Å². The standard InChI is InChI=1S/C18H14ClNO3S/c1-20-14-10-12(18(22)23-2)6-7-15(14)24-16(17(20)21)9-11-4-3-5-13(19)8-11/h3-10H,1-2H3. The van der Waals surface area contributed by atoms with Crippen molar-refractivity contribution in [3.63, 3.8) is 0 Å². The third kappa shape index (κ3) is 3.18. The van der Waals surface area contributed by atoms with Gasteiger partial charge in [-0.05, 0) is 42.0 Å². The number of amides is 1. The number of carbonyl (C=O) groups excluding carboxylic acids is 2. The molecule has 4 nitrogen and oxygen atoms in total. The van der Waals surface area contributed by atoms with Crippen LogP contribution in [0, 0.1) is 0 Å². The van der Waals surface area contributed by atoms with E-state index in [1.54, 1.807) is 31.3 Å². The van der Waals surface area contributed by atoms with E-state index in [0.29, 0.717) is 21.2 Å². The molecular formula is C18H14ClNO3S. The number of hydrogen-bond acceptors (Lipinski definition) is 4. The van der Waals surface area contributed by atoms with Gasteiger partial charge in [0.1, 0.15) is 0 Å². The van der Waals surface area contributed by atoms with E-state index < -0.39 is 5.97 Å². The smallest absolute Gasteiger partial charge is 0.337 e. The van der Waals surface area contributed by atoms with Crippen molar-refractivity contribution >= 4 is 47.0 Å². The fourth-order valence-corrected chi connectivity index (χ4v) is 3.68. The second kappa shape index (κ2) is 6.71. The van der Waals surface area contributed by atoms with Crippen molar-refractivity contribution in [1.29, 1.82) is 0 Å². The maximum atomic E-state index is 12.6. The first-order valence-electron chi connectivity index (χ1n) is 7.15. The molecule has 3 rings (SSSR count). The Morgan fingerprint density at radius 1 is 1.25 bits per heavy atom. The molecule has 0 aromatic heterocycles. The number of benzene rings is 2. The fourth-order valence-electron chi connectivity index (χ4n) is 2.39. The maximum Gasteiger partial charge on any atom is 0.337 e. The summed E-state index contributed by atoms with van der Waals surface area (Å²) in [4.78, 5) is 27.3. The highest BCUT2D eigenvalue weighted by Gasteiger charge is 2.27. The van der Waals surface area contributed by atoms with Crippen LogP contribution in [0.15, 0.2) is 52.3 Å². The molecule has 0 bridgehead atoms. The van der Waals surface area contributed by atoms with Crippen molar-refractivity contribution in [2.75, 3.05) is 19.1 Å². The van der Waals surface area contributed by atoms with Crippen LogP contribution in [0.3, 0.4) is 0 Å². The summed E-state index contributed by atoms with van der Waals surface area (Å²) >= 11 is 7.37. The first-order valence-corrected chi connectivity index (χ1v) is 8.34. The molecule has 1 amide bonds. The maximum absolute atomic E-state index is 12.6. The number of thioether (sulfide) groups is 1. The minimum atomic E-state index is -0.427. The molecule has 0 saturated carbocycles. The van der Waals surface area contributed by atoms with E-state index in [1.165, 1.54) is 23.8 Å². The summed E-state index contributed by atoms with van der Waals surface area (Å²) in [7, 11) is 3.02. The Morgan fingerprint density at radius 2 is 2.04 bits per heavy atom. The van der Waals surface area contributed by atoms with E-state index in [2.05, 4.69) is 0 Å². The highest BCUT2D eigenvalue weighted by Crippen LogP contribution is 2.42. The number of halogens is 1. The summed E-state index contributed by atoms with van der Waals surface area (Å²) < 4.78 is 4.73. The van der Waals surface area contributed by atoms with Crippen LogP contribution in [0.2, 0.25) is 5.02 Å². The number of ether oxygens (including phenoxy) is 1. The van der Waals surface area contributed by atoms with Gasteiger partial charge in [-0.3, -0.25) is 4.79 Å².